The minimum atomic E-state index is -1.10. The van der Waals surface area contributed by atoms with Gasteiger partial charge in [-0.3, -0.25) is 4.79 Å². The van der Waals surface area contributed by atoms with E-state index in [1.165, 1.54) is 12.1 Å². The molecule has 7 heteroatoms. The molecule has 0 unspecified atom stereocenters. The normalized spacial score (nSPS) is 10.1. The van der Waals surface area contributed by atoms with E-state index in [2.05, 4.69) is 21.2 Å². The Kier molecular flexibility index (Phi) is 5.35. The van der Waals surface area contributed by atoms with Crippen LogP contribution in [0, 0.1) is 0 Å². The van der Waals surface area contributed by atoms with Gasteiger partial charge in [0, 0.05) is 9.35 Å². The second-order valence-electron chi connectivity index (χ2n) is 4.09. The number of benzene rings is 1. The summed E-state index contributed by atoms with van der Waals surface area (Å²) in [6.07, 6.45) is 0. The number of thiophene rings is 1. The standard InChI is InChI=1S/C14H12BrNO4S/c15-9-3-4-11(14(18)19)12(6-9)20-8-13(17)16-7-10-2-1-5-21-10/h1-6H,7-8H2,(H,16,17)(H,18,19). The van der Waals surface area contributed by atoms with Crippen molar-refractivity contribution in [3.8, 4) is 5.75 Å². The average molecular weight is 370 g/mol. The third-order valence-corrected chi connectivity index (χ3v) is 3.94. The van der Waals surface area contributed by atoms with Crippen molar-refractivity contribution in [3.05, 3.63) is 50.6 Å². The van der Waals surface area contributed by atoms with Gasteiger partial charge >= 0.3 is 5.97 Å². The summed E-state index contributed by atoms with van der Waals surface area (Å²) in [6, 6.07) is 8.38. The highest BCUT2D eigenvalue weighted by Gasteiger charge is 2.13. The topological polar surface area (TPSA) is 75.6 Å². The van der Waals surface area contributed by atoms with Crippen molar-refractivity contribution >= 4 is 39.1 Å². The minimum absolute atomic E-state index is 0.0178. The summed E-state index contributed by atoms with van der Waals surface area (Å²) >= 11 is 4.79. The predicted molar refractivity (Wildman–Crippen MR) is 82.8 cm³/mol. The van der Waals surface area contributed by atoms with E-state index in [0.717, 1.165) is 4.88 Å². The number of carboxylic acids is 1. The van der Waals surface area contributed by atoms with Crippen LogP contribution in [0.4, 0.5) is 0 Å². The first-order chi connectivity index (χ1) is 10.1. The van der Waals surface area contributed by atoms with Gasteiger partial charge in [-0.05, 0) is 29.6 Å². The molecule has 2 N–H and O–H groups in total. The number of hydrogen-bond donors (Lipinski definition) is 2. The van der Waals surface area contributed by atoms with E-state index in [4.69, 9.17) is 9.84 Å². The molecule has 0 aliphatic heterocycles. The van der Waals surface area contributed by atoms with Crippen LogP contribution >= 0.6 is 27.3 Å². The molecule has 0 spiro atoms. The molecule has 1 aromatic heterocycles. The van der Waals surface area contributed by atoms with Gasteiger partial charge in [-0.2, -0.15) is 0 Å². The number of carboxylic acid groups (broad SMARTS) is 1. The fourth-order valence-corrected chi connectivity index (χ4v) is 2.57. The van der Waals surface area contributed by atoms with Crippen molar-refractivity contribution in [2.24, 2.45) is 0 Å². The maximum Gasteiger partial charge on any atom is 0.339 e. The lowest BCUT2D eigenvalue weighted by molar-refractivity contribution is -0.123. The quantitative estimate of drug-likeness (QED) is 0.820. The van der Waals surface area contributed by atoms with Crippen LogP contribution in [0.5, 0.6) is 5.75 Å². The van der Waals surface area contributed by atoms with Crippen LogP contribution in [0.3, 0.4) is 0 Å². The molecule has 2 aromatic rings. The van der Waals surface area contributed by atoms with E-state index in [-0.39, 0.29) is 23.8 Å². The zero-order valence-corrected chi connectivity index (χ0v) is 13.2. The Bertz CT molecular complexity index is 642. The Hall–Kier alpha value is -1.86. The van der Waals surface area contributed by atoms with E-state index in [0.29, 0.717) is 11.0 Å². The van der Waals surface area contributed by atoms with Crippen molar-refractivity contribution in [3.63, 3.8) is 0 Å². The van der Waals surface area contributed by atoms with Crippen molar-refractivity contribution in [1.29, 1.82) is 0 Å². The van der Waals surface area contributed by atoms with E-state index in [9.17, 15) is 9.59 Å². The number of amides is 1. The number of carbonyl (C=O) groups is 2. The summed E-state index contributed by atoms with van der Waals surface area (Å²) in [6.45, 7) is 0.201. The molecular weight excluding hydrogens is 358 g/mol. The smallest absolute Gasteiger partial charge is 0.339 e. The highest BCUT2D eigenvalue weighted by Crippen LogP contribution is 2.23. The third kappa shape index (κ3) is 4.57. The van der Waals surface area contributed by atoms with Gasteiger partial charge in [0.25, 0.3) is 5.91 Å². The van der Waals surface area contributed by atoms with Gasteiger partial charge in [-0.25, -0.2) is 4.79 Å². The molecule has 21 heavy (non-hydrogen) atoms. The molecule has 0 aliphatic carbocycles. The van der Waals surface area contributed by atoms with Crippen LogP contribution in [0.15, 0.2) is 40.2 Å². The highest BCUT2D eigenvalue weighted by atomic mass is 79.9. The Morgan fingerprint density at radius 1 is 1.33 bits per heavy atom. The monoisotopic (exact) mass is 369 g/mol. The molecule has 0 bridgehead atoms. The molecule has 1 aromatic carbocycles. The maximum atomic E-state index is 11.7. The summed E-state index contributed by atoms with van der Waals surface area (Å²) in [5.74, 6) is -1.25. The summed E-state index contributed by atoms with van der Waals surface area (Å²) in [5.41, 5.74) is 0.0178. The van der Waals surface area contributed by atoms with Crippen LogP contribution in [-0.4, -0.2) is 23.6 Å². The molecule has 0 atom stereocenters. The number of halogens is 1. The highest BCUT2D eigenvalue weighted by molar-refractivity contribution is 9.10. The summed E-state index contributed by atoms with van der Waals surface area (Å²) in [5, 5.41) is 13.7. The fraction of sp³-hybridized carbons (Fsp3) is 0.143. The second-order valence-corrected chi connectivity index (χ2v) is 6.04. The summed E-state index contributed by atoms with van der Waals surface area (Å²) in [7, 11) is 0. The number of ether oxygens (including phenoxy) is 1. The van der Waals surface area contributed by atoms with E-state index in [1.807, 2.05) is 17.5 Å². The molecule has 1 amide bonds. The summed E-state index contributed by atoms with van der Waals surface area (Å²) in [4.78, 5) is 23.8. The molecule has 1 heterocycles. The largest absolute Gasteiger partial charge is 0.483 e. The number of aromatic carboxylic acids is 1. The van der Waals surface area contributed by atoms with Crippen molar-refractivity contribution in [2.45, 2.75) is 6.54 Å². The van der Waals surface area contributed by atoms with Gasteiger partial charge in [-0.15, -0.1) is 11.3 Å². The first kappa shape index (κ1) is 15.5. The number of nitrogens with one attached hydrogen (secondary N) is 1. The maximum absolute atomic E-state index is 11.7. The lowest BCUT2D eigenvalue weighted by Gasteiger charge is -2.09. The molecule has 5 nitrogen and oxygen atoms in total. The van der Waals surface area contributed by atoms with E-state index in [1.54, 1.807) is 17.4 Å². The van der Waals surface area contributed by atoms with Crippen LogP contribution in [0.1, 0.15) is 15.2 Å². The Balaban J connectivity index is 1.91. The van der Waals surface area contributed by atoms with Crippen molar-refractivity contribution < 1.29 is 19.4 Å². The van der Waals surface area contributed by atoms with Crippen LogP contribution < -0.4 is 10.1 Å². The molecular formula is C14H12BrNO4S. The first-order valence-electron chi connectivity index (χ1n) is 6.01. The Morgan fingerprint density at radius 3 is 2.81 bits per heavy atom. The molecule has 110 valence electrons. The molecule has 0 aliphatic rings. The van der Waals surface area contributed by atoms with Crippen molar-refractivity contribution in [2.75, 3.05) is 6.61 Å². The summed E-state index contributed by atoms with van der Waals surface area (Å²) < 4.78 is 5.97. The van der Waals surface area contributed by atoms with Gasteiger partial charge in [0.1, 0.15) is 11.3 Å². The number of carbonyl (C=O) groups excluding carboxylic acids is 1. The fourth-order valence-electron chi connectivity index (χ4n) is 1.59. The molecule has 0 fully saturated rings. The van der Waals surface area contributed by atoms with E-state index < -0.39 is 5.97 Å². The number of hydrogen-bond acceptors (Lipinski definition) is 4. The van der Waals surface area contributed by atoms with Gasteiger partial charge in [-0.1, -0.05) is 22.0 Å². The van der Waals surface area contributed by atoms with Gasteiger partial charge in [0.05, 0.1) is 6.54 Å². The zero-order chi connectivity index (χ0) is 15.2. The first-order valence-corrected chi connectivity index (χ1v) is 7.68. The second kappa shape index (κ2) is 7.24. The van der Waals surface area contributed by atoms with Gasteiger partial charge in [0.2, 0.25) is 0 Å². The van der Waals surface area contributed by atoms with E-state index >= 15 is 0 Å². The minimum Gasteiger partial charge on any atom is -0.483 e. The van der Waals surface area contributed by atoms with Gasteiger partial charge < -0.3 is 15.2 Å². The molecule has 2 rings (SSSR count). The zero-order valence-electron chi connectivity index (χ0n) is 10.8. The van der Waals surface area contributed by atoms with Crippen LogP contribution in [-0.2, 0) is 11.3 Å². The lowest BCUT2D eigenvalue weighted by Crippen LogP contribution is -2.28. The third-order valence-electron chi connectivity index (χ3n) is 2.57. The molecule has 0 saturated heterocycles. The Labute approximate surface area is 133 Å². The predicted octanol–water partition coefficient (Wildman–Crippen LogP) is 2.90. The molecule has 0 radical (unpaired) electrons. The SMILES string of the molecule is O=C(COc1cc(Br)ccc1C(=O)O)NCc1cccs1. The Morgan fingerprint density at radius 2 is 2.14 bits per heavy atom. The van der Waals surface area contributed by atoms with Gasteiger partial charge in [0.15, 0.2) is 6.61 Å². The van der Waals surface area contributed by atoms with Crippen LogP contribution in [0.2, 0.25) is 0 Å². The average Bonchev–Trinajstić information content (AvgIpc) is 2.96. The molecule has 0 saturated carbocycles. The lowest BCUT2D eigenvalue weighted by atomic mass is 10.2. The number of rotatable bonds is 6. The van der Waals surface area contributed by atoms with Crippen molar-refractivity contribution in [1.82, 2.24) is 5.32 Å². The van der Waals surface area contributed by atoms with Crippen LogP contribution in [0.25, 0.3) is 0 Å².